The molecule has 0 radical (unpaired) electrons. The fourth-order valence-corrected chi connectivity index (χ4v) is 2.29. The lowest BCUT2D eigenvalue weighted by Gasteiger charge is -2.16. The zero-order valence-electron chi connectivity index (χ0n) is 14.7. The van der Waals surface area contributed by atoms with Gasteiger partial charge in [0.15, 0.2) is 5.96 Å². The van der Waals surface area contributed by atoms with E-state index in [1.807, 2.05) is 20.8 Å². The third-order valence-electron chi connectivity index (χ3n) is 3.38. The van der Waals surface area contributed by atoms with Crippen molar-refractivity contribution in [3.8, 4) is 0 Å². The highest BCUT2D eigenvalue weighted by molar-refractivity contribution is 6.03. The van der Waals surface area contributed by atoms with Gasteiger partial charge in [-0.15, -0.1) is 0 Å². The normalized spacial score (nSPS) is 11.1. The number of aliphatic imine (C=N–C) groups is 1. The van der Waals surface area contributed by atoms with E-state index in [9.17, 15) is 9.59 Å². The Morgan fingerprint density at radius 1 is 1.12 bits per heavy atom. The average molecular weight is 334 g/mol. The Morgan fingerprint density at radius 2 is 1.71 bits per heavy atom. The third-order valence-corrected chi connectivity index (χ3v) is 3.38. The number of amides is 2. The van der Waals surface area contributed by atoms with Gasteiger partial charge in [-0.25, -0.2) is 9.59 Å². The summed E-state index contributed by atoms with van der Waals surface area (Å²) in [5.74, 6) is -0.300. The van der Waals surface area contributed by atoms with Crippen LogP contribution in [0.3, 0.4) is 0 Å². The van der Waals surface area contributed by atoms with Crippen LogP contribution in [0.15, 0.2) is 17.1 Å². The van der Waals surface area contributed by atoms with E-state index in [2.05, 4.69) is 15.6 Å². The molecule has 0 bridgehead atoms. The number of urea groups is 1. The van der Waals surface area contributed by atoms with Gasteiger partial charge >= 0.3 is 12.0 Å². The first-order valence-corrected chi connectivity index (χ1v) is 8.17. The Morgan fingerprint density at radius 3 is 2.17 bits per heavy atom. The number of ether oxygens (including phenoxy) is 1. The van der Waals surface area contributed by atoms with Gasteiger partial charge in [-0.05, 0) is 49.9 Å². The molecule has 2 amide bonds. The number of hydrogen-bond donors (Lipinski definition) is 3. The summed E-state index contributed by atoms with van der Waals surface area (Å²) in [5.41, 5.74) is 8.49. The fraction of sp³-hybridized carbons (Fsp3) is 0.471. The first-order chi connectivity index (χ1) is 11.5. The van der Waals surface area contributed by atoms with Crippen molar-refractivity contribution in [3.05, 3.63) is 28.8 Å². The molecular formula is C17H26N4O3. The Balaban J connectivity index is 3.11. The van der Waals surface area contributed by atoms with Gasteiger partial charge in [-0.3, -0.25) is 10.3 Å². The van der Waals surface area contributed by atoms with Crippen LogP contribution in [0.2, 0.25) is 0 Å². The maximum absolute atomic E-state index is 12.1. The molecule has 0 fully saturated rings. The van der Waals surface area contributed by atoms with Crippen LogP contribution < -0.4 is 16.4 Å². The number of aryl methyl sites for hydroxylation is 2. The number of nitrogens with one attached hydrogen (secondary N) is 2. The molecule has 0 saturated carbocycles. The van der Waals surface area contributed by atoms with Crippen molar-refractivity contribution in [2.75, 3.05) is 18.5 Å². The maximum Gasteiger partial charge on any atom is 0.338 e. The van der Waals surface area contributed by atoms with E-state index < -0.39 is 6.03 Å². The number of anilines is 1. The Bertz CT molecular complexity index is 601. The average Bonchev–Trinajstić information content (AvgIpc) is 2.55. The van der Waals surface area contributed by atoms with E-state index in [0.29, 0.717) is 37.2 Å². The van der Waals surface area contributed by atoms with E-state index >= 15 is 0 Å². The van der Waals surface area contributed by atoms with Crippen molar-refractivity contribution in [1.82, 2.24) is 5.32 Å². The summed E-state index contributed by atoms with van der Waals surface area (Å²) in [7, 11) is 0. The Labute approximate surface area is 142 Å². The molecule has 0 atom stereocenters. The van der Waals surface area contributed by atoms with Crippen LogP contribution in [0, 0.1) is 0 Å². The van der Waals surface area contributed by atoms with Gasteiger partial charge in [-0.1, -0.05) is 13.8 Å². The monoisotopic (exact) mass is 334 g/mol. The van der Waals surface area contributed by atoms with Crippen LogP contribution in [0.1, 0.15) is 49.2 Å². The SMILES string of the molecule is CCN=C(N)NC(=O)Nc1c(CC)cc(C(=O)OCC)cc1CC. The van der Waals surface area contributed by atoms with Crippen molar-refractivity contribution in [3.63, 3.8) is 0 Å². The second kappa shape index (κ2) is 9.54. The summed E-state index contributed by atoms with van der Waals surface area (Å²) in [6.45, 7) is 8.31. The van der Waals surface area contributed by atoms with Gasteiger partial charge in [0.2, 0.25) is 0 Å². The summed E-state index contributed by atoms with van der Waals surface area (Å²) in [5, 5.41) is 5.28. The van der Waals surface area contributed by atoms with E-state index in [4.69, 9.17) is 10.5 Å². The van der Waals surface area contributed by atoms with Crippen molar-refractivity contribution in [2.45, 2.75) is 40.5 Å². The molecule has 0 heterocycles. The zero-order chi connectivity index (χ0) is 18.1. The first-order valence-electron chi connectivity index (χ1n) is 8.17. The van der Waals surface area contributed by atoms with Gasteiger partial charge in [0.05, 0.1) is 12.2 Å². The van der Waals surface area contributed by atoms with Crippen LogP contribution in [-0.2, 0) is 17.6 Å². The first kappa shape index (κ1) is 19.5. The molecule has 4 N–H and O–H groups in total. The summed E-state index contributed by atoms with van der Waals surface area (Å²) in [6.07, 6.45) is 1.32. The van der Waals surface area contributed by atoms with E-state index in [-0.39, 0.29) is 11.9 Å². The molecule has 0 aliphatic rings. The Kier molecular flexibility index (Phi) is 7.74. The lowest BCUT2D eigenvalue weighted by Crippen LogP contribution is -2.40. The minimum absolute atomic E-state index is 0.0641. The van der Waals surface area contributed by atoms with Crippen LogP contribution >= 0.6 is 0 Å². The molecule has 0 aliphatic heterocycles. The molecule has 0 aromatic heterocycles. The lowest BCUT2D eigenvalue weighted by molar-refractivity contribution is 0.0526. The number of esters is 1. The second-order valence-corrected chi connectivity index (χ2v) is 5.04. The molecule has 132 valence electrons. The number of nitrogens with two attached hydrogens (primary N) is 1. The van der Waals surface area contributed by atoms with Gasteiger partial charge in [-0.2, -0.15) is 0 Å². The van der Waals surface area contributed by atoms with Crippen molar-refractivity contribution in [1.29, 1.82) is 0 Å². The molecular weight excluding hydrogens is 308 g/mol. The van der Waals surface area contributed by atoms with Crippen LogP contribution in [-0.4, -0.2) is 31.1 Å². The van der Waals surface area contributed by atoms with Crippen LogP contribution in [0.25, 0.3) is 0 Å². The number of rotatable bonds is 6. The second-order valence-electron chi connectivity index (χ2n) is 5.04. The molecule has 0 aliphatic carbocycles. The predicted octanol–water partition coefficient (Wildman–Crippen LogP) is 2.44. The van der Waals surface area contributed by atoms with Crippen LogP contribution in [0.4, 0.5) is 10.5 Å². The Hall–Kier alpha value is -2.57. The zero-order valence-corrected chi connectivity index (χ0v) is 14.7. The number of guanidine groups is 1. The predicted molar refractivity (Wildman–Crippen MR) is 95.5 cm³/mol. The lowest BCUT2D eigenvalue weighted by atomic mass is 9.99. The quantitative estimate of drug-likeness (QED) is 0.422. The van der Waals surface area contributed by atoms with Crippen LogP contribution in [0.5, 0.6) is 0 Å². The van der Waals surface area contributed by atoms with Gasteiger partial charge < -0.3 is 15.8 Å². The summed E-state index contributed by atoms with van der Waals surface area (Å²) in [6, 6.07) is 3.03. The molecule has 0 unspecified atom stereocenters. The highest BCUT2D eigenvalue weighted by atomic mass is 16.5. The molecule has 7 nitrogen and oxygen atoms in total. The smallest absolute Gasteiger partial charge is 0.338 e. The van der Waals surface area contributed by atoms with Gasteiger partial charge in [0.25, 0.3) is 0 Å². The number of benzene rings is 1. The molecule has 7 heteroatoms. The van der Waals surface area contributed by atoms with Crippen molar-refractivity contribution >= 4 is 23.6 Å². The molecule has 0 spiro atoms. The van der Waals surface area contributed by atoms with Crippen molar-refractivity contribution in [2.24, 2.45) is 10.7 Å². The summed E-state index contributed by atoms with van der Waals surface area (Å²) < 4.78 is 5.06. The largest absolute Gasteiger partial charge is 0.462 e. The third kappa shape index (κ3) is 5.26. The van der Waals surface area contributed by atoms with Gasteiger partial charge in [0, 0.05) is 12.2 Å². The van der Waals surface area contributed by atoms with E-state index in [1.54, 1.807) is 19.1 Å². The summed E-state index contributed by atoms with van der Waals surface area (Å²) in [4.78, 5) is 28.0. The molecule has 1 aromatic carbocycles. The maximum atomic E-state index is 12.1. The van der Waals surface area contributed by atoms with Gasteiger partial charge in [0.1, 0.15) is 0 Å². The number of nitrogens with zero attached hydrogens (tertiary/aromatic N) is 1. The standard InChI is InChI=1S/C17H26N4O3/c1-5-11-9-13(15(22)24-8-4)10-12(6-2)14(11)20-17(23)21-16(18)19-7-3/h9-10H,5-8H2,1-4H3,(H4,18,19,20,21,23). The number of carbonyl (C=O) groups is 2. The number of carbonyl (C=O) groups excluding carboxylic acids is 2. The van der Waals surface area contributed by atoms with E-state index in [0.717, 1.165) is 11.1 Å². The topological polar surface area (TPSA) is 106 Å². The molecule has 24 heavy (non-hydrogen) atoms. The minimum Gasteiger partial charge on any atom is -0.462 e. The minimum atomic E-state index is -0.460. The molecule has 1 rings (SSSR count). The highest BCUT2D eigenvalue weighted by Gasteiger charge is 2.16. The fourth-order valence-electron chi connectivity index (χ4n) is 2.29. The molecule has 1 aromatic rings. The molecule has 0 saturated heterocycles. The van der Waals surface area contributed by atoms with Crippen molar-refractivity contribution < 1.29 is 14.3 Å². The highest BCUT2D eigenvalue weighted by Crippen LogP contribution is 2.25. The van der Waals surface area contributed by atoms with E-state index in [1.165, 1.54) is 0 Å². The summed E-state index contributed by atoms with van der Waals surface area (Å²) >= 11 is 0. The number of hydrogen-bond acceptors (Lipinski definition) is 4.